The standard InChI is InChI=1S/C24H30N4O4/c1-31-21-7-6-20(15-22(21)32-17-18-8-10-25-11-9-18)26-23(29)19-5-4-14-28(16-19)24(30)27-12-2-3-13-27/h6-11,15,19H,2-5,12-14,16-17H2,1H3,(H,26,29)/t19-/m1/s1. The van der Waals surface area contributed by atoms with Crippen LogP contribution in [0.1, 0.15) is 31.2 Å². The van der Waals surface area contributed by atoms with E-state index in [1.807, 2.05) is 21.9 Å². The summed E-state index contributed by atoms with van der Waals surface area (Å²) in [6.45, 7) is 3.18. The summed E-state index contributed by atoms with van der Waals surface area (Å²) >= 11 is 0. The number of hydrogen-bond donors (Lipinski definition) is 1. The first-order valence-electron chi connectivity index (χ1n) is 11.2. The van der Waals surface area contributed by atoms with E-state index in [-0.39, 0.29) is 17.9 Å². The molecule has 0 aliphatic carbocycles. The number of anilines is 1. The molecule has 4 rings (SSSR count). The molecule has 0 saturated carbocycles. The average molecular weight is 439 g/mol. The molecule has 170 valence electrons. The number of likely N-dealkylation sites (tertiary alicyclic amines) is 2. The molecule has 1 N–H and O–H groups in total. The number of methoxy groups -OCH3 is 1. The highest BCUT2D eigenvalue weighted by molar-refractivity contribution is 5.93. The Bertz CT molecular complexity index is 931. The minimum Gasteiger partial charge on any atom is -0.493 e. The second-order valence-corrected chi connectivity index (χ2v) is 8.26. The Morgan fingerprint density at radius 1 is 1.03 bits per heavy atom. The van der Waals surface area contributed by atoms with Crippen molar-refractivity contribution in [2.75, 3.05) is 38.6 Å². The maximum atomic E-state index is 13.0. The topological polar surface area (TPSA) is 84.0 Å². The number of aromatic nitrogens is 1. The fraction of sp³-hybridized carbons (Fsp3) is 0.458. The summed E-state index contributed by atoms with van der Waals surface area (Å²) in [5.41, 5.74) is 1.63. The van der Waals surface area contributed by atoms with Crippen molar-refractivity contribution >= 4 is 17.6 Å². The van der Waals surface area contributed by atoms with Crippen molar-refractivity contribution in [1.29, 1.82) is 0 Å². The molecule has 0 radical (unpaired) electrons. The third-order valence-corrected chi connectivity index (χ3v) is 6.01. The number of benzene rings is 1. The van der Waals surface area contributed by atoms with Crippen LogP contribution in [0.2, 0.25) is 0 Å². The average Bonchev–Trinajstić information content (AvgIpc) is 3.38. The van der Waals surface area contributed by atoms with E-state index in [0.29, 0.717) is 36.9 Å². The number of pyridine rings is 1. The summed E-state index contributed by atoms with van der Waals surface area (Å²) in [6, 6.07) is 9.19. The summed E-state index contributed by atoms with van der Waals surface area (Å²) in [6.07, 6.45) is 7.17. The van der Waals surface area contributed by atoms with Gasteiger partial charge in [-0.1, -0.05) is 0 Å². The molecule has 0 unspecified atom stereocenters. The van der Waals surface area contributed by atoms with E-state index in [0.717, 1.165) is 44.3 Å². The maximum absolute atomic E-state index is 13.0. The first-order chi connectivity index (χ1) is 15.6. The zero-order valence-corrected chi connectivity index (χ0v) is 18.5. The van der Waals surface area contributed by atoms with Gasteiger partial charge < -0.3 is 24.6 Å². The molecule has 2 saturated heterocycles. The maximum Gasteiger partial charge on any atom is 0.320 e. The van der Waals surface area contributed by atoms with Crippen LogP contribution in [-0.2, 0) is 11.4 Å². The third kappa shape index (κ3) is 5.30. The zero-order chi connectivity index (χ0) is 22.3. The van der Waals surface area contributed by atoms with Crippen molar-refractivity contribution in [3.05, 3.63) is 48.3 Å². The number of nitrogens with one attached hydrogen (secondary N) is 1. The summed E-state index contributed by atoms with van der Waals surface area (Å²) in [5.74, 6) is 0.849. The van der Waals surface area contributed by atoms with Gasteiger partial charge in [0, 0.05) is 50.3 Å². The zero-order valence-electron chi connectivity index (χ0n) is 18.5. The Morgan fingerprint density at radius 3 is 2.53 bits per heavy atom. The Morgan fingerprint density at radius 2 is 1.78 bits per heavy atom. The van der Waals surface area contributed by atoms with Gasteiger partial charge in [-0.15, -0.1) is 0 Å². The molecule has 1 atom stereocenters. The first kappa shape index (κ1) is 21.9. The van der Waals surface area contributed by atoms with Crippen molar-refractivity contribution < 1.29 is 19.1 Å². The smallest absolute Gasteiger partial charge is 0.320 e. The van der Waals surface area contributed by atoms with Gasteiger partial charge in [-0.05, 0) is 55.5 Å². The van der Waals surface area contributed by atoms with Crippen LogP contribution in [0.4, 0.5) is 10.5 Å². The van der Waals surface area contributed by atoms with E-state index < -0.39 is 0 Å². The normalized spacial score (nSPS) is 18.3. The SMILES string of the molecule is COc1ccc(NC(=O)[C@@H]2CCCN(C(=O)N3CCCC3)C2)cc1OCc1ccncc1. The van der Waals surface area contributed by atoms with Crippen molar-refractivity contribution in [2.45, 2.75) is 32.3 Å². The van der Waals surface area contributed by atoms with Crippen LogP contribution in [0.3, 0.4) is 0 Å². The fourth-order valence-electron chi connectivity index (χ4n) is 4.22. The molecule has 32 heavy (non-hydrogen) atoms. The van der Waals surface area contributed by atoms with Gasteiger partial charge >= 0.3 is 6.03 Å². The van der Waals surface area contributed by atoms with E-state index in [2.05, 4.69) is 10.3 Å². The monoisotopic (exact) mass is 438 g/mol. The number of amides is 3. The molecular formula is C24H30N4O4. The van der Waals surface area contributed by atoms with E-state index >= 15 is 0 Å². The first-order valence-corrected chi connectivity index (χ1v) is 11.2. The Hall–Kier alpha value is -3.29. The highest BCUT2D eigenvalue weighted by Crippen LogP contribution is 2.31. The summed E-state index contributed by atoms with van der Waals surface area (Å²) in [5, 5.41) is 2.99. The number of carbonyl (C=O) groups is 2. The van der Waals surface area contributed by atoms with Gasteiger partial charge in [-0.3, -0.25) is 9.78 Å². The molecule has 0 spiro atoms. The second-order valence-electron chi connectivity index (χ2n) is 8.26. The van der Waals surface area contributed by atoms with Crippen LogP contribution in [-0.4, -0.2) is 60.0 Å². The van der Waals surface area contributed by atoms with Gasteiger partial charge in [0.25, 0.3) is 0 Å². The van der Waals surface area contributed by atoms with Crippen molar-refractivity contribution in [3.8, 4) is 11.5 Å². The minimum absolute atomic E-state index is 0.0660. The predicted molar refractivity (Wildman–Crippen MR) is 121 cm³/mol. The van der Waals surface area contributed by atoms with Crippen molar-refractivity contribution in [1.82, 2.24) is 14.8 Å². The Balaban J connectivity index is 1.38. The number of rotatable bonds is 6. The molecule has 2 aromatic rings. The van der Waals surface area contributed by atoms with Gasteiger partial charge in [0.1, 0.15) is 6.61 Å². The van der Waals surface area contributed by atoms with Crippen molar-refractivity contribution in [2.24, 2.45) is 5.92 Å². The van der Waals surface area contributed by atoms with Gasteiger partial charge in [0.2, 0.25) is 5.91 Å². The number of urea groups is 1. The number of carbonyl (C=O) groups excluding carboxylic acids is 2. The van der Waals surface area contributed by atoms with E-state index in [4.69, 9.17) is 9.47 Å². The lowest BCUT2D eigenvalue weighted by Gasteiger charge is -2.34. The molecule has 8 nitrogen and oxygen atoms in total. The predicted octanol–water partition coefficient (Wildman–Crippen LogP) is 3.54. The molecule has 2 fully saturated rings. The second kappa shape index (κ2) is 10.3. The van der Waals surface area contributed by atoms with Gasteiger partial charge in [-0.2, -0.15) is 0 Å². The van der Waals surface area contributed by atoms with Gasteiger partial charge in [0.05, 0.1) is 13.0 Å². The van der Waals surface area contributed by atoms with Crippen LogP contribution in [0.25, 0.3) is 0 Å². The molecule has 0 bridgehead atoms. The fourth-order valence-corrected chi connectivity index (χ4v) is 4.22. The molecule has 3 amide bonds. The number of hydrogen-bond acceptors (Lipinski definition) is 5. The molecule has 2 aliphatic rings. The van der Waals surface area contributed by atoms with Crippen LogP contribution < -0.4 is 14.8 Å². The Labute approximate surface area is 188 Å². The van der Waals surface area contributed by atoms with Crippen LogP contribution in [0, 0.1) is 5.92 Å². The van der Waals surface area contributed by atoms with Gasteiger partial charge in [0.15, 0.2) is 11.5 Å². The largest absolute Gasteiger partial charge is 0.493 e. The lowest BCUT2D eigenvalue weighted by atomic mass is 9.97. The minimum atomic E-state index is -0.224. The number of piperidine rings is 1. The lowest BCUT2D eigenvalue weighted by Crippen LogP contribution is -2.48. The summed E-state index contributed by atoms with van der Waals surface area (Å²) in [7, 11) is 1.58. The van der Waals surface area contributed by atoms with Crippen LogP contribution in [0.15, 0.2) is 42.7 Å². The summed E-state index contributed by atoms with van der Waals surface area (Å²) in [4.78, 5) is 33.4. The molecule has 3 heterocycles. The molecule has 1 aromatic heterocycles. The lowest BCUT2D eigenvalue weighted by molar-refractivity contribution is -0.121. The highest BCUT2D eigenvalue weighted by atomic mass is 16.5. The third-order valence-electron chi connectivity index (χ3n) is 6.01. The summed E-state index contributed by atoms with van der Waals surface area (Å²) < 4.78 is 11.3. The van der Waals surface area contributed by atoms with E-state index in [9.17, 15) is 9.59 Å². The highest BCUT2D eigenvalue weighted by Gasteiger charge is 2.31. The van der Waals surface area contributed by atoms with Crippen LogP contribution >= 0.6 is 0 Å². The number of nitrogens with zero attached hydrogens (tertiary/aromatic N) is 3. The van der Waals surface area contributed by atoms with Crippen molar-refractivity contribution in [3.63, 3.8) is 0 Å². The number of ether oxygens (including phenoxy) is 2. The quantitative estimate of drug-likeness (QED) is 0.746. The Kier molecular flexibility index (Phi) is 7.09. The van der Waals surface area contributed by atoms with Gasteiger partial charge in [-0.25, -0.2) is 4.79 Å². The van der Waals surface area contributed by atoms with E-state index in [1.54, 1.807) is 37.7 Å². The van der Waals surface area contributed by atoms with E-state index in [1.165, 1.54) is 0 Å². The molecule has 1 aromatic carbocycles. The van der Waals surface area contributed by atoms with Crippen LogP contribution in [0.5, 0.6) is 11.5 Å². The molecule has 2 aliphatic heterocycles. The molecule has 8 heteroatoms. The molecular weight excluding hydrogens is 408 g/mol.